The Hall–Kier alpha value is -2.89. The van der Waals surface area contributed by atoms with Gasteiger partial charge in [0.1, 0.15) is 5.82 Å². The summed E-state index contributed by atoms with van der Waals surface area (Å²) in [5.74, 6) is 0.249. The molecule has 2 aromatic rings. The van der Waals surface area contributed by atoms with Gasteiger partial charge in [0.15, 0.2) is 0 Å². The van der Waals surface area contributed by atoms with Gasteiger partial charge in [-0.2, -0.15) is 0 Å². The quantitative estimate of drug-likeness (QED) is 0.667. The van der Waals surface area contributed by atoms with Crippen molar-refractivity contribution in [3.8, 4) is 0 Å². The first-order valence-electron chi connectivity index (χ1n) is 10.7. The van der Waals surface area contributed by atoms with E-state index in [1.165, 1.54) is 17.7 Å². The number of urea groups is 1. The van der Waals surface area contributed by atoms with E-state index in [-0.39, 0.29) is 17.8 Å². The molecule has 1 fully saturated rings. The number of likely N-dealkylation sites (tertiary alicyclic amines) is 1. The monoisotopic (exact) mass is 411 g/mol. The van der Waals surface area contributed by atoms with Crippen molar-refractivity contribution in [1.29, 1.82) is 0 Å². The normalized spacial score (nSPS) is 14.4. The zero-order chi connectivity index (χ0) is 21.2. The van der Waals surface area contributed by atoms with Crippen LogP contribution in [0, 0.1) is 11.7 Å². The molecule has 0 atom stereocenters. The van der Waals surface area contributed by atoms with Crippen LogP contribution in [0.4, 0.5) is 14.9 Å². The summed E-state index contributed by atoms with van der Waals surface area (Å²) < 4.78 is 13.2. The molecule has 0 aromatic heterocycles. The molecule has 2 N–H and O–H groups in total. The van der Waals surface area contributed by atoms with Gasteiger partial charge < -0.3 is 15.5 Å². The SMILES string of the molecule is O=C(CCCc1ccccc1)NCCC1CCN(C(=O)Nc2cccc(F)c2)CC1. The number of benzene rings is 2. The van der Waals surface area contributed by atoms with Crippen LogP contribution in [0.2, 0.25) is 0 Å². The van der Waals surface area contributed by atoms with Gasteiger partial charge in [-0.1, -0.05) is 36.4 Å². The fraction of sp³-hybridized carbons (Fsp3) is 0.417. The lowest BCUT2D eigenvalue weighted by atomic mass is 9.93. The number of halogens is 1. The number of nitrogens with one attached hydrogen (secondary N) is 2. The molecular weight excluding hydrogens is 381 g/mol. The summed E-state index contributed by atoms with van der Waals surface area (Å²) in [5.41, 5.74) is 1.73. The molecule has 160 valence electrons. The smallest absolute Gasteiger partial charge is 0.321 e. The minimum atomic E-state index is -0.367. The zero-order valence-electron chi connectivity index (χ0n) is 17.3. The predicted molar refractivity (Wildman–Crippen MR) is 117 cm³/mol. The Kier molecular flexibility index (Phi) is 8.24. The minimum absolute atomic E-state index is 0.109. The molecule has 2 aromatic carbocycles. The first-order chi connectivity index (χ1) is 14.6. The molecule has 1 aliphatic rings. The Morgan fingerprint density at radius 3 is 2.53 bits per heavy atom. The van der Waals surface area contributed by atoms with Gasteiger partial charge in [0, 0.05) is 31.7 Å². The van der Waals surface area contributed by atoms with E-state index in [4.69, 9.17) is 0 Å². The summed E-state index contributed by atoms with van der Waals surface area (Å²) in [4.78, 5) is 26.1. The van der Waals surface area contributed by atoms with Gasteiger partial charge in [0.2, 0.25) is 5.91 Å². The van der Waals surface area contributed by atoms with Crippen molar-refractivity contribution in [2.75, 3.05) is 25.0 Å². The number of rotatable bonds is 8. The lowest BCUT2D eigenvalue weighted by Gasteiger charge is -2.32. The molecule has 3 amide bonds. The summed E-state index contributed by atoms with van der Waals surface area (Å²) in [6.45, 7) is 2.04. The van der Waals surface area contributed by atoms with Gasteiger partial charge in [-0.25, -0.2) is 9.18 Å². The molecule has 30 heavy (non-hydrogen) atoms. The van der Waals surface area contributed by atoms with Crippen molar-refractivity contribution < 1.29 is 14.0 Å². The van der Waals surface area contributed by atoms with Gasteiger partial charge in [-0.3, -0.25) is 4.79 Å². The van der Waals surface area contributed by atoms with Crippen LogP contribution in [0.1, 0.15) is 37.7 Å². The van der Waals surface area contributed by atoms with Gasteiger partial charge >= 0.3 is 6.03 Å². The number of anilines is 1. The second kappa shape index (κ2) is 11.3. The van der Waals surface area contributed by atoms with Crippen molar-refractivity contribution >= 4 is 17.6 Å². The maximum absolute atomic E-state index is 13.2. The van der Waals surface area contributed by atoms with E-state index in [1.54, 1.807) is 17.0 Å². The van der Waals surface area contributed by atoms with E-state index in [9.17, 15) is 14.0 Å². The zero-order valence-corrected chi connectivity index (χ0v) is 17.3. The van der Waals surface area contributed by atoms with Crippen molar-refractivity contribution in [2.45, 2.75) is 38.5 Å². The molecule has 1 aliphatic heterocycles. The second-order valence-electron chi connectivity index (χ2n) is 7.85. The number of aryl methyl sites for hydroxylation is 1. The third-order valence-corrected chi connectivity index (χ3v) is 5.56. The second-order valence-corrected chi connectivity index (χ2v) is 7.85. The van der Waals surface area contributed by atoms with Crippen molar-refractivity contribution in [3.63, 3.8) is 0 Å². The first kappa shape index (κ1) is 21.8. The summed E-state index contributed by atoms with van der Waals surface area (Å²) >= 11 is 0. The molecule has 0 aliphatic carbocycles. The average molecular weight is 412 g/mol. The van der Waals surface area contributed by atoms with E-state index in [1.807, 2.05) is 18.2 Å². The lowest BCUT2D eigenvalue weighted by molar-refractivity contribution is -0.121. The van der Waals surface area contributed by atoms with Crippen LogP contribution in [0.25, 0.3) is 0 Å². The third kappa shape index (κ3) is 7.17. The Morgan fingerprint density at radius 1 is 1.03 bits per heavy atom. The van der Waals surface area contributed by atoms with Crippen molar-refractivity contribution in [1.82, 2.24) is 10.2 Å². The maximum Gasteiger partial charge on any atom is 0.321 e. The molecule has 0 bridgehead atoms. The largest absolute Gasteiger partial charge is 0.356 e. The summed E-state index contributed by atoms with van der Waals surface area (Å²) in [6.07, 6.45) is 5.09. The number of hydrogen-bond acceptors (Lipinski definition) is 2. The molecule has 1 saturated heterocycles. The van der Waals surface area contributed by atoms with Crippen LogP contribution in [0.3, 0.4) is 0 Å². The Morgan fingerprint density at radius 2 is 1.80 bits per heavy atom. The van der Waals surface area contributed by atoms with Crippen LogP contribution in [0.15, 0.2) is 54.6 Å². The molecule has 5 nitrogen and oxygen atoms in total. The molecule has 0 unspecified atom stereocenters. The molecule has 0 radical (unpaired) electrons. The lowest BCUT2D eigenvalue weighted by Crippen LogP contribution is -2.41. The number of amides is 3. The van der Waals surface area contributed by atoms with E-state index in [2.05, 4.69) is 22.8 Å². The van der Waals surface area contributed by atoms with Gasteiger partial charge in [-0.15, -0.1) is 0 Å². The van der Waals surface area contributed by atoms with E-state index in [0.29, 0.717) is 37.7 Å². The van der Waals surface area contributed by atoms with Crippen LogP contribution in [-0.2, 0) is 11.2 Å². The maximum atomic E-state index is 13.2. The highest BCUT2D eigenvalue weighted by molar-refractivity contribution is 5.89. The summed E-state index contributed by atoms with van der Waals surface area (Å²) in [7, 11) is 0. The first-order valence-corrected chi connectivity index (χ1v) is 10.7. The summed E-state index contributed by atoms with van der Waals surface area (Å²) in [5, 5.41) is 5.77. The number of carbonyl (C=O) groups excluding carboxylic acids is 2. The van der Waals surface area contributed by atoms with Crippen LogP contribution < -0.4 is 10.6 Å². The van der Waals surface area contributed by atoms with Gasteiger partial charge in [-0.05, 0) is 61.8 Å². The Labute approximate surface area is 177 Å². The standard InChI is InChI=1S/C24H30FN3O2/c25-21-9-5-10-22(18-21)27-24(30)28-16-13-20(14-17-28)12-15-26-23(29)11-4-8-19-6-2-1-3-7-19/h1-3,5-7,9-10,18,20H,4,8,11-17H2,(H,26,29)(H,27,30). The molecule has 0 spiro atoms. The van der Waals surface area contributed by atoms with Crippen LogP contribution in [0.5, 0.6) is 0 Å². The number of piperidine rings is 1. The number of carbonyl (C=O) groups is 2. The van der Waals surface area contributed by atoms with E-state index in [0.717, 1.165) is 32.1 Å². The number of hydrogen-bond donors (Lipinski definition) is 2. The van der Waals surface area contributed by atoms with Crippen molar-refractivity contribution in [2.24, 2.45) is 5.92 Å². The number of nitrogens with zero attached hydrogens (tertiary/aromatic N) is 1. The Balaban J connectivity index is 1.27. The fourth-order valence-electron chi connectivity index (χ4n) is 3.80. The van der Waals surface area contributed by atoms with Crippen molar-refractivity contribution in [3.05, 3.63) is 66.0 Å². The van der Waals surface area contributed by atoms with E-state index >= 15 is 0 Å². The molecule has 0 saturated carbocycles. The van der Waals surface area contributed by atoms with Gasteiger partial charge in [0.05, 0.1) is 0 Å². The molecule has 3 rings (SSSR count). The highest BCUT2D eigenvalue weighted by atomic mass is 19.1. The minimum Gasteiger partial charge on any atom is -0.356 e. The predicted octanol–water partition coefficient (Wildman–Crippen LogP) is 4.60. The van der Waals surface area contributed by atoms with Gasteiger partial charge in [0.25, 0.3) is 0 Å². The molecule has 1 heterocycles. The van der Waals surface area contributed by atoms with Crippen LogP contribution >= 0.6 is 0 Å². The molecule has 6 heteroatoms. The topological polar surface area (TPSA) is 61.4 Å². The van der Waals surface area contributed by atoms with Crippen LogP contribution in [-0.4, -0.2) is 36.5 Å². The van der Waals surface area contributed by atoms with E-state index < -0.39 is 0 Å². The Bertz CT molecular complexity index is 820. The highest BCUT2D eigenvalue weighted by Crippen LogP contribution is 2.21. The average Bonchev–Trinajstić information content (AvgIpc) is 2.75. The third-order valence-electron chi connectivity index (χ3n) is 5.56. The summed E-state index contributed by atoms with van der Waals surface area (Å²) in [6, 6.07) is 15.9. The molecular formula is C24H30FN3O2. The highest BCUT2D eigenvalue weighted by Gasteiger charge is 2.22. The fourth-order valence-corrected chi connectivity index (χ4v) is 3.80.